The molecule has 0 bridgehead atoms. The Bertz CT molecular complexity index is 1130. The SMILES string of the molecule is Cc1ccc(S(=O)(=O)N(Cc2cccc3ccccc23)C(=O)N2CCCC2)cc1. The van der Waals surface area contributed by atoms with Crippen LogP contribution in [0.15, 0.2) is 71.6 Å². The van der Waals surface area contributed by atoms with Crippen molar-refractivity contribution >= 4 is 26.8 Å². The maximum Gasteiger partial charge on any atom is 0.334 e. The molecule has 150 valence electrons. The molecule has 0 radical (unpaired) electrons. The van der Waals surface area contributed by atoms with Crippen LogP contribution in [0.4, 0.5) is 4.79 Å². The monoisotopic (exact) mass is 408 g/mol. The highest BCUT2D eigenvalue weighted by Gasteiger charge is 2.34. The summed E-state index contributed by atoms with van der Waals surface area (Å²) in [6, 6.07) is 19.8. The van der Waals surface area contributed by atoms with E-state index in [1.54, 1.807) is 29.2 Å². The number of fused-ring (bicyclic) bond motifs is 1. The van der Waals surface area contributed by atoms with Crippen molar-refractivity contribution in [3.05, 3.63) is 77.9 Å². The summed E-state index contributed by atoms with van der Waals surface area (Å²) in [5.74, 6) is 0. The van der Waals surface area contributed by atoms with Gasteiger partial charge in [0, 0.05) is 13.1 Å². The maximum absolute atomic E-state index is 13.5. The number of aryl methyl sites for hydroxylation is 1. The maximum atomic E-state index is 13.5. The second-order valence-corrected chi connectivity index (χ2v) is 9.30. The van der Waals surface area contributed by atoms with E-state index in [0.717, 1.165) is 39.0 Å². The number of likely N-dealkylation sites (tertiary alicyclic amines) is 1. The van der Waals surface area contributed by atoms with Gasteiger partial charge in [-0.2, -0.15) is 0 Å². The Morgan fingerprint density at radius 2 is 1.59 bits per heavy atom. The molecule has 0 aromatic heterocycles. The molecule has 1 aliphatic heterocycles. The standard InChI is InChI=1S/C23H24N2O3S/c1-18-11-13-21(14-12-18)29(27,28)25(23(26)24-15-4-5-16-24)17-20-9-6-8-19-7-2-3-10-22(19)20/h2-3,6-14H,4-5,15-17H2,1H3. The van der Waals surface area contributed by atoms with Crippen LogP contribution in [0.25, 0.3) is 10.8 Å². The number of hydrogen-bond acceptors (Lipinski definition) is 3. The average molecular weight is 409 g/mol. The van der Waals surface area contributed by atoms with Gasteiger partial charge < -0.3 is 4.90 Å². The summed E-state index contributed by atoms with van der Waals surface area (Å²) in [5.41, 5.74) is 1.78. The third-order valence-electron chi connectivity index (χ3n) is 5.39. The van der Waals surface area contributed by atoms with E-state index in [4.69, 9.17) is 0 Å². The smallest absolute Gasteiger partial charge is 0.324 e. The first-order valence-electron chi connectivity index (χ1n) is 9.82. The number of urea groups is 1. The van der Waals surface area contributed by atoms with E-state index < -0.39 is 16.1 Å². The van der Waals surface area contributed by atoms with Crippen molar-refractivity contribution in [3.8, 4) is 0 Å². The highest BCUT2D eigenvalue weighted by Crippen LogP contribution is 2.26. The Labute approximate surface area is 171 Å². The van der Waals surface area contributed by atoms with E-state index in [1.807, 2.05) is 49.4 Å². The summed E-state index contributed by atoms with van der Waals surface area (Å²) in [6.07, 6.45) is 1.80. The van der Waals surface area contributed by atoms with Gasteiger partial charge in [0.2, 0.25) is 0 Å². The lowest BCUT2D eigenvalue weighted by Gasteiger charge is -2.28. The molecule has 29 heavy (non-hydrogen) atoms. The third kappa shape index (κ3) is 3.85. The summed E-state index contributed by atoms with van der Waals surface area (Å²) in [7, 11) is -3.98. The molecular formula is C23H24N2O3S. The summed E-state index contributed by atoms with van der Waals surface area (Å²) in [6.45, 7) is 3.09. The second-order valence-electron chi connectivity index (χ2n) is 7.44. The van der Waals surface area contributed by atoms with E-state index in [0.29, 0.717) is 13.1 Å². The zero-order chi connectivity index (χ0) is 20.4. The predicted molar refractivity (Wildman–Crippen MR) is 114 cm³/mol. The topological polar surface area (TPSA) is 57.7 Å². The lowest BCUT2D eigenvalue weighted by Crippen LogP contribution is -2.44. The van der Waals surface area contributed by atoms with Gasteiger partial charge in [-0.1, -0.05) is 60.2 Å². The fraction of sp³-hybridized carbons (Fsp3) is 0.261. The molecule has 2 amide bonds. The lowest BCUT2D eigenvalue weighted by atomic mass is 10.0. The minimum absolute atomic E-state index is 0.00684. The van der Waals surface area contributed by atoms with E-state index in [1.165, 1.54) is 0 Å². The molecule has 0 aliphatic carbocycles. The Kier molecular flexibility index (Phi) is 5.28. The van der Waals surface area contributed by atoms with E-state index >= 15 is 0 Å². The van der Waals surface area contributed by atoms with Gasteiger partial charge in [0.1, 0.15) is 0 Å². The minimum Gasteiger partial charge on any atom is -0.324 e. The van der Waals surface area contributed by atoms with Gasteiger partial charge in [-0.3, -0.25) is 0 Å². The molecule has 1 saturated heterocycles. The Hall–Kier alpha value is -2.86. The predicted octanol–water partition coefficient (Wildman–Crippen LogP) is 4.55. The van der Waals surface area contributed by atoms with Crippen LogP contribution in [0.3, 0.4) is 0 Å². The van der Waals surface area contributed by atoms with E-state index in [-0.39, 0.29) is 11.4 Å². The first kappa shape index (κ1) is 19.5. The van der Waals surface area contributed by atoms with Gasteiger partial charge in [-0.05, 0) is 48.2 Å². The summed E-state index contributed by atoms with van der Waals surface area (Å²) in [4.78, 5) is 15.0. The molecule has 0 unspecified atom stereocenters. The zero-order valence-electron chi connectivity index (χ0n) is 16.4. The third-order valence-corrected chi connectivity index (χ3v) is 7.13. The van der Waals surface area contributed by atoms with Crippen molar-refractivity contribution in [1.29, 1.82) is 0 Å². The van der Waals surface area contributed by atoms with Crippen molar-refractivity contribution in [2.24, 2.45) is 0 Å². The van der Waals surface area contributed by atoms with Gasteiger partial charge >= 0.3 is 6.03 Å². The molecule has 1 heterocycles. The van der Waals surface area contributed by atoms with Crippen LogP contribution in [0.2, 0.25) is 0 Å². The number of hydrogen-bond donors (Lipinski definition) is 0. The van der Waals surface area contributed by atoms with Crippen molar-refractivity contribution < 1.29 is 13.2 Å². The molecule has 0 spiro atoms. The molecule has 3 aromatic rings. The van der Waals surface area contributed by atoms with Crippen LogP contribution < -0.4 is 0 Å². The molecule has 0 N–H and O–H groups in total. The number of benzene rings is 3. The molecule has 3 aromatic carbocycles. The molecule has 1 aliphatic rings. The van der Waals surface area contributed by atoms with Crippen molar-refractivity contribution in [2.45, 2.75) is 31.2 Å². The fourth-order valence-electron chi connectivity index (χ4n) is 3.74. The highest BCUT2D eigenvalue weighted by atomic mass is 32.2. The van der Waals surface area contributed by atoms with Crippen molar-refractivity contribution in [2.75, 3.05) is 13.1 Å². The number of sulfonamides is 1. The van der Waals surface area contributed by atoms with Crippen molar-refractivity contribution in [1.82, 2.24) is 9.21 Å². The Balaban J connectivity index is 1.78. The van der Waals surface area contributed by atoms with Crippen LogP contribution in [-0.4, -0.2) is 36.7 Å². The number of carbonyl (C=O) groups is 1. The first-order chi connectivity index (χ1) is 14.0. The molecule has 5 nitrogen and oxygen atoms in total. The quantitative estimate of drug-likeness (QED) is 0.636. The molecule has 4 rings (SSSR count). The van der Waals surface area contributed by atoms with Gasteiger partial charge in [-0.15, -0.1) is 0 Å². The molecule has 1 fully saturated rings. The number of nitrogens with zero attached hydrogens (tertiary/aromatic N) is 2. The number of rotatable bonds is 4. The fourth-order valence-corrected chi connectivity index (χ4v) is 5.11. The number of amides is 2. The highest BCUT2D eigenvalue weighted by molar-refractivity contribution is 7.89. The van der Waals surface area contributed by atoms with E-state index in [9.17, 15) is 13.2 Å². The summed E-state index contributed by atoms with van der Waals surface area (Å²) in [5, 5.41) is 1.97. The Morgan fingerprint density at radius 3 is 2.31 bits per heavy atom. The number of carbonyl (C=O) groups excluding carboxylic acids is 1. The Morgan fingerprint density at radius 1 is 0.931 bits per heavy atom. The van der Waals surface area contributed by atoms with Crippen molar-refractivity contribution in [3.63, 3.8) is 0 Å². The average Bonchev–Trinajstić information content (AvgIpc) is 3.27. The normalized spacial score (nSPS) is 14.3. The van der Waals surface area contributed by atoms with Gasteiger partial charge in [0.05, 0.1) is 11.4 Å². The molecule has 0 saturated carbocycles. The van der Waals surface area contributed by atoms with Crippen LogP contribution in [0.1, 0.15) is 24.0 Å². The van der Waals surface area contributed by atoms with Gasteiger partial charge in [0.25, 0.3) is 10.0 Å². The lowest BCUT2D eigenvalue weighted by molar-refractivity contribution is 0.187. The minimum atomic E-state index is -3.98. The molecule has 0 atom stereocenters. The largest absolute Gasteiger partial charge is 0.334 e. The van der Waals surface area contributed by atoms with Crippen LogP contribution in [-0.2, 0) is 16.6 Å². The first-order valence-corrected chi connectivity index (χ1v) is 11.3. The van der Waals surface area contributed by atoms with Gasteiger partial charge in [-0.25, -0.2) is 17.5 Å². The summed E-state index contributed by atoms with van der Waals surface area (Å²) >= 11 is 0. The van der Waals surface area contributed by atoms with E-state index in [2.05, 4.69) is 0 Å². The molecular weight excluding hydrogens is 384 g/mol. The van der Waals surface area contributed by atoms with Crippen LogP contribution in [0.5, 0.6) is 0 Å². The second kappa shape index (κ2) is 7.87. The molecule has 6 heteroatoms. The van der Waals surface area contributed by atoms with Gasteiger partial charge in [0.15, 0.2) is 0 Å². The summed E-state index contributed by atoms with van der Waals surface area (Å²) < 4.78 is 28.0. The van der Waals surface area contributed by atoms with Crippen LogP contribution in [0, 0.1) is 6.92 Å². The van der Waals surface area contributed by atoms with Crippen LogP contribution >= 0.6 is 0 Å². The zero-order valence-corrected chi connectivity index (χ0v) is 17.2.